The summed E-state index contributed by atoms with van der Waals surface area (Å²) in [6, 6.07) is 14.3. The molecule has 0 radical (unpaired) electrons. The molecule has 6 nitrogen and oxygen atoms in total. The maximum atomic E-state index is 12.8. The van der Waals surface area contributed by atoms with Gasteiger partial charge in [0.2, 0.25) is 11.8 Å². The van der Waals surface area contributed by atoms with E-state index in [0.717, 1.165) is 10.2 Å². The zero-order valence-electron chi connectivity index (χ0n) is 15.4. The second kappa shape index (κ2) is 6.93. The van der Waals surface area contributed by atoms with Gasteiger partial charge in [0.05, 0.1) is 27.7 Å². The van der Waals surface area contributed by atoms with E-state index in [1.807, 2.05) is 36.4 Å². The van der Waals surface area contributed by atoms with Gasteiger partial charge in [0.15, 0.2) is 5.13 Å². The van der Waals surface area contributed by atoms with Gasteiger partial charge in [-0.2, -0.15) is 0 Å². The number of allylic oxidation sites excluding steroid dienone is 2. The Kier molecular flexibility index (Phi) is 4.24. The van der Waals surface area contributed by atoms with Crippen LogP contribution in [0, 0.1) is 11.8 Å². The molecular formula is C22H17N3O3S. The summed E-state index contributed by atoms with van der Waals surface area (Å²) in [5, 5.41) is 3.31. The first kappa shape index (κ1) is 17.8. The Morgan fingerprint density at radius 1 is 1.00 bits per heavy atom. The predicted molar refractivity (Wildman–Crippen MR) is 112 cm³/mol. The highest BCUT2D eigenvalue weighted by atomic mass is 32.1. The van der Waals surface area contributed by atoms with E-state index >= 15 is 0 Å². The summed E-state index contributed by atoms with van der Waals surface area (Å²) in [5.74, 6) is -1.30. The molecule has 1 aliphatic heterocycles. The molecule has 0 saturated carbocycles. The minimum Gasteiger partial charge on any atom is -0.298 e. The number of para-hydroxylation sites is 1. The highest BCUT2D eigenvalue weighted by Crippen LogP contribution is 2.37. The van der Waals surface area contributed by atoms with Crippen LogP contribution in [0.5, 0.6) is 0 Å². The fraction of sp³-hybridized carbons (Fsp3) is 0.182. The molecule has 29 heavy (non-hydrogen) atoms. The highest BCUT2D eigenvalue weighted by Gasteiger charge is 2.47. The fourth-order valence-corrected chi connectivity index (χ4v) is 4.80. The first-order valence-electron chi connectivity index (χ1n) is 9.41. The second-order valence-corrected chi connectivity index (χ2v) is 8.19. The number of amides is 3. The summed E-state index contributed by atoms with van der Waals surface area (Å²) in [5.41, 5.74) is 1.63. The minimum atomic E-state index is -0.330. The molecule has 2 atom stereocenters. The van der Waals surface area contributed by atoms with Gasteiger partial charge in [0.25, 0.3) is 5.91 Å². The third-order valence-electron chi connectivity index (χ3n) is 5.39. The van der Waals surface area contributed by atoms with Gasteiger partial charge in [0, 0.05) is 5.56 Å². The number of hydrogen-bond acceptors (Lipinski definition) is 5. The summed E-state index contributed by atoms with van der Waals surface area (Å²) < 4.78 is 0.987. The molecule has 1 aromatic heterocycles. The number of imide groups is 1. The molecule has 2 heterocycles. The van der Waals surface area contributed by atoms with Gasteiger partial charge in [-0.25, -0.2) is 4.98 Å². The van der Waals surface area contributed by atoms with Crippen molar-refractivity contribution in [1.29, 1.82) is 0 Å². The largest absolute Gasteiger partial charge is 0.298 e. The monoisotopic (exact) mass is 403 g/mol. The number of nitrogens with one attached hydrogen (secondary N) is 1. The van der Waals surface area contributed by atoms with E-state index in [-0.39, 0.29) is 29.6 Å². The van der Waals surface area contributed by atoms with Crippen LogP contribution < -0.4 is 10.2 Å². The number of nitrogens with zero attached hydrogens (tertiary/aromatic N) is 2. The third-order valence-corrected chi connectivity index (χ3v) is 6.34. The van der Waals surface area contributed by atoms with Crippen LogP contribution in [0.2, 0.25) is 0 Å². The van der Waals surface area contributed by atoms with Crippen molar-refractivity contribution in [3.05, 3.63) is 66.2 Å². The Hall–Kier alpha value is -3.32. The number of carbonyl (C=O) groups is 3. The second-order valence-electron chi connectivity index (χ2n) is 7.16. The van der Waals surface area contributed by atoms with Gasteiger partial charge in [-0.3, -0.25) is 24.6 Å². The number of carbonyl (C=O) groups excluding carboxylic acids is 3. The van der Waals surface area contributed by atoms with E-state index in [2.05, 4.69) is 10.3 Å². The first-order chi connectivity index (χ1) is 14.1. The van der Waals surface area contributed by atoms with Gasteiger partial charge in [-0.15, -0.1) is 0 Å². The Balaban J connectivity index is 1.40. The van der Waals surface area contributed by atoms with Crippen molar-refractivity contribution in [3.63, 3.8) is 0 Å². The lowest BCUT2D eigenvalue weighted by atomic mass is 9.85. The predicted octanol–water partition coefficient (Wildman–Crippen LogP) is 4.00. The van der Waals surface area contributed by atoms with Crippen LogP contribution in [0.3, 0.4) is 0 Å². The molecule has 3 aromatic rings. The molecule has 1 fully saturated rings. The molecule has 0 spiro atoms. The average molecular weight is 403 g/mol. The average Bonchev–Trinajstić information content (AvgIpc) is 3.26. The number of benzene rings is 2. The van der Waals surface area contributed by atoms with Crippen molar-refractivity contribution in [2.75, 3.05) is 10.2 Å². The maximum Gasteiger partial charge on any atom is 0.257 e. The Labute approximate surface area is 170 Å². The van der Waals surface area contributed by atoms with Crippen LogP contribution in [0.1, 0.15) is 23.2 Å². The number of hydrogen-bond donors (Lipinski definition) is 1. The molecule has 3 amide bonds. The molecule has 5 rings (SSSR count). The standard InChI is InChI=1S/C22H17N3O3S/c26-19(24-22-23-17-10-3-4-11-18(17)29-22)13-6-5-7-14(12-13)25-20(27)15-8-1-2-9-16(15)21(25)28/h1-7,10-12,15-16H,8-9H2,(H,23,24,26)/t15-,16-/m0/s1. The third kappa shape index (κ3) is 3.03. The van der Waals surface area contributed by atoms with Gasteiger partial charge in [-0.05, 0) is 43.2 Å². The molecule has 1 aliphatic carbocycles. The molecule has 7 heteroatoms. The van der Waals surface area contributed by atoms with Crippen molar-refractivity contribution in [3.8, 4) is 0 Å². The van der Waals surface area contributed by atoms with E-state index in [1.54, 1.807) is 24.3 Å². The lowest BCUT2D eigenvalue weighted by molar-refractivity contribution is -0.122. The van der Waals surface area contributed by atoms with Gasteiger partial charge < -0.3 is 0 Å². The highest BCUT2D eigenvalue weighted by molar-refractivity contribution is 7.22. The lowest BCUT2D eigenvalue weighted by Crippen LogP contribution is -2.31. The first-order valence-corrected chi connectivity index (χ1v) is 10.2. The lowest BCUT2D eigenvalue weighted by Gasteiger charge is -2.15. The molecule has 144 valence electrons. The van der Waals surface area contributed by atoms with Crippen LogP contribution in [0.25, 0.3) is 10.2 Å². The smallest absolute Gasteiger partial charge is 0.257 e. The fourth-order valence-electron chi connectivity index (χ4n) is 3.94. The van der Waals surface area contributed by atoms with Crippen molar-refractivity contribution in [2.45, 2.75) is 12.8 Å². The number of anilines is 2. The van der Waals surface area contributed by atoms with Crippen molar-refractivity contribution in [2.24, 2.45) is 11.8 Å². The van der Waals surface area contributed by atoms with E-state index in [0.29, 0.717) is 29.2 Å². The van der Waals surface area contributed by atoms with E-state index < -0.39 is 0 Å². The molecule has 0 bridgehead atoms. The molecule has 1 saturated heterocycles. The summed E-state index contributed by atoms with van der Waals surface area (Å²) in [6.45, 7) is 0. The van der Waals surface area contributed by atoms with Crippen LogP contribution >= 0.6 is 11.3 Å². The summed E-state index contributed by atoms with van der Waals surface area (Å²) in [6.07, 6.45) is 5.09. The molecule has 1 N–H and O–H groups in total. The van der Waals surface area contributed by atoms with E-state index in [9.17, 15) is 14.4 Å². The number of rotatable bonds is 3. The van der Waals surface area contributed by atoms with Crippen LogP contribution in [-0.2, 0) is 9.59 Å². The zero-order valence-corrected chi connectivity index (χ0v) is 16.2. The molecule has 2 aromatic carbocycles. The van der Waals surface area contributed by atoms with Gasteiger partial charge in [-0.1, -0.05) is 41.7 Å². The molecule has 2 aliphatic rings. The quantitative estimate of drug-likeness (QED) is 0.529. The summed E-state index contributed by atoms with van der Waals surface area (Å²) >= 11 is 1.40. The zero-order chi connectivity index (χ0) is 20.0. The van der Waals surface area contributed by atoms with Crippen LogP contribution in [0.4, 0.5) is 10.8 Å². The molecular weight excluding hydrogens is 386 g/mol. The van der Waals surface area contributed by atoms with Gasteiger partial charge in [0.1, 0.15) is 0 Å². The summed E-state index contributed by atoms with van der Waals surface area (Å²) in [4.78, 5) is 43.9. The van der Waals surface area contributed by atoms with Crippen LogP contribution in [-0.4, -0.2) is 22.7 Å². The van der Waals surface area contributed by atoms with Crippen molar-refractivity contribution < 1.29 is 14.4 Å². The van der Waals surface area contributed by atoms with Crippen LogP contribution in [0.15, 0.2) is 60.7 Å². The molecule has 0 unspecified atom stereocenters. The Morgan fingerprint density at radius 3 is 2.45 bits per heavy atom. The van der Waals surface area contributed by atoms with Crippen molar-refractivity contribution in [1.82, 2.24) is 4.98 Å². The van der Waals surface area contributed by atoms with E-state index in [4.69, 9.17) is 0 Å². The number of thiazole rings is 1. The minimum absolute atomic E-state index is 0.187. The maximum absolute atomic E-state index is 12.8. The Bertz CT molecular complexity index is 1120. The SMILES string of the molecule is O=C(Nc1nc2ccccc2s1)c1cccc(N2C(=O)[C@H]3CC=CC[C@@H]3C2=O)c1. The topological polar surface area (TPSA) is 79.4 Å². The number of aromatic nitrogens is 1. The number of fused-ring (bicyclic) bond motifs is 2. The van der Waals surface area contributed by atoms with E-state index in [1.165, 1.54) is 16.2 Å². The summed E-state index contributed by atoms with van der Waals surface area (Å²) in [7, 11) is 0. The Morgan fingerprint density at radius 2 is 1.72 bits per heavy atom. The van der Waals surface area contributed by atoms with Gasteiger partial charge >= 0.3 is 0 Å². The normalized spacial score (nSPS) is 20.9. The van der Waals surface area contributed by atoms with Crippen molar-refractivity contribution >= 4 is 50.1 Å².